The van der Waals surface area contributed by atoms with Crippen molar-refractivity contribution < 1.29 is 0 Å². The minimum absolute atomic E-state index is 0. The molecule has 0 aliphatic heterocycles. The minimum Gasteiger partial charge on any atom is -0.103 e. The molecule has 0 spiro atoms. The van der Waals surface area contributed by atoms with Crippen molar-refractivity contribution in [3.05, 3.63) is 38.0 Å². The van der Waals surface area contributed by atoms with E-state index in [1.54, 1.807) is 18.2 Å². The van der Waals surface area contributed by atoms with E-state index in [2.05, 4.69) is 19.7 Å². The van der Waals surface area contributed by atoms with E-state index < -0.39 is 0 Å². The third kappa shape index (κ3) is 12900. The molecule has 0 fully saturated rings. The number of hydrogen-bond acceptors (Lipinski definition) is 0. The van der Waals surface area contributed by atoms with Gasteiger partial charge in [-0.05, 0) is 6.92 Å². The molecule has 76 valence electrons. The Morgan fingerprint density at radius 1 is 0.750 bits per heavy atom. The highest BCUT2D eigenvalue weighted by atomic mass is 13.4. The summed E-state index contributed by atoms with van der Waals surface area (Å²) in [6, 6.07) is 0. The summed E-state index contributed by atoms with van der Waals surface area (Å²) in [6.45, 7) is 20.0. The summed E-state index contributed by atoms with van der Waals surface area (Å²) in [5, 5.41) is 0. The van der Waals surface area contributed by atoms with Crippen molar-refractivity contribution in [1.29, 1.82) is 0 Å². The molecule has 0 heterocycles. The smallest absolute Gasteiger partial charge is 0.0473 e. The SMILES string of the molecule is C.C=CC.C=CC=C.CC.CC. The predicted molar refractivity (Wildman–Crippen MR) is 65.7 cm³/mol. The van der Waals surface area contributed by atoms with E-state index in [9.17, 15) is 0 Å². The van der Waals surface area contributed by atoms with Crippen LogP contribution in [0.5, 0.6) is 0 Å². The molecule has 0 aromatic rings. The molecule has 0 radical (unpaired) electrons. The second-order valence-corrected chi connectivity index (χ2v) is 0.880. The molecule has 0 aromatic carbocycles. The van der Waals surface area contributed by atoms with E-state index in [4.69, 9.17) is 0 Å². The van der Waals surface area contributed by atoms with Crippen LogP contribution in [0.1, 0.15) is 42.0 Å². The van der Waals surface area contributed by atoms with Crippen molar-refractivity contribution in [3.8, 4) is 0 Å². The van der Waals surface area contributed by atoms with Crippen LogP contribution in [-0.2, 0) is 0 Å². The first-order chi connectivity index (χ1) is 5.33. The van der Waals surface area contributed by atoms with Crippen molar-refractivity contribution in [2.75, 3.05) is 0 Å². The maximum atomic E-state index is 3.36. The molecule has 0 unspecified atom stereocenters. The van der Waals surface area contributed by atoms with E-state index in [1.165, 1.54) is 0 Å². The monoisotopic (exact) mass is 172 g/mol. The number of allylic oxidation sites excluding steroid dienone is 3. The van der Waals surface area contributed by atoms with Crippen molar-refractivity contribution in [2.45, 2.75) is 42.0 Å². The molecule has 0 aliphatic carbocycles. The van der Waals surface area contributed by atoms with Crippen LogP contribution in [-0.4, -0.2) is 0 Å². The summed E-state index contributed by atoms with van der Waals surface area (Å²) in [5.41, 5.74) is 0. The number of hydrogen-bond donors (Lipinski definition) is 0. The Labute approximate surface area is 80.7 Å². The molecule has 0 N–H and O–H groups in total. The fourth-order valence-electron chi connectivity index (χ4n) is 0. The van der Waals surface area contributed by atoms with Crippen LogP contribution in [0.15, 0.2) is 38.0 Å². The van der Waals surface area contributed by atoms with Gasteiger partial charge in [0.2, 0.25) is 0 Å². The highest BCUT2D eigenvalue weighted by Crippen LogP contribution is 1.52. The van der Waals surface area contributed by atoms with Gasteiger partial charge in [0.25, 0.3) is 0 Å². The molecule has 0 nitrogen and oxygen atoms in total. The van der Waals surface area contributed by atoms with Crippen LogP contribution in [0, 0.1) is 0 Å². The number of rotatable bonds is 1. The molecule has 0 aromatic heterocycles. The zero-order chi connectivity index (χ0) is 10.1. The summed E-state index contributed by atoms with van der Waals surface area (Å²) in [6.07, 6.45) is 5.03. The molecule has 0 heteroatoms. The minimum atomic E-state index is 0. The van der Waals surface area contributed by atoms with Gasteiger partial charge >= 0.3 is 0 Å². The van der Waals surface area contributed by atoms with Crippen LogP contribution >= 0.6 is 0 Å². The fraction of sp³-hybridized carbons (Fsp3) is 0.500. The normalized spacial score (nSPS) is 3.75. The molecule has 0 saturated carbocycles. The summed E-state index contributed by atoms with van der Waals surface area (Å²) < 4.78 is 0. The van der Waals surface area contributed by atoms with Crippen molar-refractivity contribution in [2.24, 2.45) is 0 Å². The third-order valence-corrected chi connectivity index (χ3v) is 0.167. The molecular formula is C12H28. The summed E-state index contributed by atoms with van der Waals surface area (Å²) in [4.78, 5) is 0. The predicted octanol–water partition coefficient (Wildman–Crippen LogP) is 5.24. The van der Waals surface area contributed by atoms with Gasteiger partial charge in [0.05, 0.1) is 0 Å². The van der Waals surface area contributed by atoms with Gasteiger partial charge < -0.3 is 0 Å². The first kappa shape index (κ1) is 30.3. The summed E-state index contributed by atoms with van der Waals surface area (Å²) in [7, 11) is 0. The highest BCUT2D eigenvalue weighted by Gasteiger charge is 1.29. The van der Waals surface area contributed by atoms with Gasteiger partial charge in [-0.3, -0.25) is 0 Å². The van der Waals surface area contributed by atoms with Crippen LogP contribution in [0.3, 0.4) is 0 Å². The van der Waals surface area contributed by atoms with Gasteiger partial charge in [-0.15, -0.1) is 6.58 Å². The van der Waals surface area contributed by atoms with Gasteiger partial charge in [0.15, 0.2) is 0 Å². The molecule has 0 bridgehead atoms. The Kier molecular flexibility index (Phi) is 445. The zero-order valence-electron chi connectivity index (χ0n) is 8.85. The molecule has 0 aliphatic rings. The second kappa shape index (κ2) is 176. The molecule has 0 saturated heterocycles. The van der Waals surface area contributed by atoms with Crippen LogP contribution < -0.4 is 0 Å². The zero-order valence-corrected chi connectivity index (χ0v) is 8.85. The molecular weight excluding hydrogens is 144 g/mol. The first-order valence-electron chi connectivity index (χ1n) is 4.14. The Bertz CT molecular complexity index is 45.1. The van der Waals surface area contributed by atoms with E-state index >= 15 is 0 Å². The highest BCUT2D eigenvalue weighted by molar-refractivity contribution is 4.88. The van der Waals surface area contributed by atoms with Crippen molar-refractivity contribution in [1.82, 2.24) is 0 Å². The van der Waals surface area contributed by atoms with Crippen LogP contribution in [0.25, 0.3) is 0 Å². The molecule has 12 heavy (non-hydrogen) atoms. The average molecular weight is 172 g/mol. The topological polar surface area (TPSA) is 0 Å². The fourth-order valence-corrected chi connectivity index (χ4v) is 0. The second-order valence-electron chi connectivity index (χ2n) is 0.880. The average Bonchev–Trinajstić information content (AvgIpc) is 2.12. The Balaban J connectivity index is -0.0000000186. The van der Waals surface area contributed by atoms with Gasteiger partial charge in [0, 0.05) is 0 Å². The Hall–Kier alpha value is -0.780. The van der Waals surface area contributed by atoms with Gasteiger partial charge in [-0.1, -0.05) is 66.5 Å². The van der Waals surface area contributed by atoms with E-state index in [-0.39, 0.29) is 7.43 Å². The lowest BCUT2D eigenvalue weighted by molar-refractivity contribution is 1.50. The molecule has 0 rings (SSSR count). The maximum absolute atomic E-state index is 3.36. The molecule has 0 amide bonds. The standard InChI is InChI=1S/C4H6.C3H6.2C2H6.CH4/c1-3-4-2;1-3-2;2*1-2;/h3-4H,1-2H2;3H,1H2,2H3;2*1-2H3;1H4. The van der Waals surface area contributed by atoms with Gasteiger partial charge in [0.1, 0.15) is 0 Å². The van der Waals surface area contributed by atoms with Gasteiger partial charge in [-0.2, -0.15) is 0 Å². The largest absolute Gasteiger partial charge is 0.103 e. The Morgan fingerprint density at radius 2 is 0.833 bits per heavy atom. The summed E-state index contributed by atoms with van der Waals surface area (Å²) >= 11 is 0. The van der Waals surface area contributed by atoms with E-state index in [0.29, 0.717) is 0 Å². The van der Waals surface area contributed by atoms with Crippen LogP contribution in [0.2, 0.25) is 0 Å². The lowest BCUT2D eigenvalue weighted by Gasteiger charge is -1.44. The van der Waals surface area contributed by atoms with E-state index in [1.807, 2.05) is 34.6 Å². The first-order valence-corrected chi connectivity index (χ1v) is 4.14. The van der Waals surface area contributed by atoms with Gasteiger partial charge in [-0.25, -0.2) is 0 Å². The quantitative estimate of drug-likeness (QED) is 0.375. The maximum Gasteiger partial charge on any atom is -0.0473 e. The molecule has 0 atom stereocenters. The van der Waals surface area contributed by atoms with E-state index in [0.717, 1.165) is 0 Å². The lowest BCUT2D eigenvalue weighted by atomic mass is 10.6. The third-order valence-electron chi connectivity index (χ3n) is 0.167. The summed E-state index contributed by atoms with van der Waals surface area (Å²) in [5.74, 6) is 0. The Morgan fingerprint density at radius 3 is 0.833 bits per heavy atom. The van der Waals surface area contributed by atoms with Crippen molar-refractivity contribution in [3.63, 3.8) is 0 Å². The van der Waals surface area contributed by atoms with Crippen molar-refractivity contribution >= 4 is 0 Å². The lowest BCUT2D eigenvalue weighted by Crippen LogP contribution is -1.21. The van der Waals surface area contributed by atoms with Crippen LogP contribution in [0.4, 0.5) is 0 Å².